The van der Waals surface area contributed by atoms with Gasteiger partial charge in [0, 0.05) is 10.0 Å². The molecule has 0 atom stereocenters. The molecule has 0 spiro atoms. The average molecular weight is 294 g/mol. The number of nitrogens with one attached hydrogen (secondary N) is 1. The average Bonchev–Trinajstić information content (AvgIpc) is 2.33. The number of hydrogen-bond acceptors (Lipinski definition) is 1. The van der Waals surface area contributed by atoms with Crippen LogP contribution in [-0.4, -0.2) is 5.91 Å². The van der Waals surface area contributed by atoms with Crippen molar-refractivity contribution in [1.82, 2.24) is 0 Å². The molecule has 0 saturated heterocycles. The number of amides is 1. The first-order valence-corrected chi connectivity index (χ1v) is 5.77. The predicted molar refractivity (Wildman–Crippen MR) is 68.5 cm³/mol. The smallest absolute Gasteiger partial charge is 0.255 e. The van der Waals surface area contributed by atoms with E-state index in [0.717, 1.165) is 4.47 Å². The SMILES string of the molecule is O=C(Nc1ccccc1F)c1ccc(Br)cc1. The van der Waals surface area contributed by atoms with Crippen molar-refractivity contribution >= 4 is 27.5 Å². The third-order valence-electron chi connectivity index (χ3n) is 2.23. The van der Waals surface area contributed by atoms with Crippen molar-refractivity contribution in [3.05, 3.63) is 64.4 Å². The molecular weight excluding hydrogens is 285 g/mol. The van der Waals surface area contributed by atoms with Crippen LogP contribution in [0.25, 0.3) is 0 Å². The molecule has 0 heterocycles. The molecular formula is C13H9BrFNO. The molecule has 0 aliphatic heterocycles. The highest BCUT2D eigenvalue weighted by Gasteiger charge is 2.08. The number of benzene rings is 2. The van der Waals surface area contributed by atoms with Crippen molar-refractivity contribution in [1.29, 1.82) is 0 Å². The van der Waals surface area contributed by atoms with Gasteiger partial charge in [-0.05, 0) is 36.4 Å². The molecule has 2 aromatic rings. The van der Waals surface area contributed by atoms with E-state index in [1.807, 2.05) is 0 Å². The van der Waals surface area contributed by atoms with Gasteiger partial charge < -0.3 is 5.32 Å². The summed E-state index contributed by atoms with van der Waals surface area (Å²) in [7, 11) is 0. The van der Waals surface area contributed by atoms with Gasteiger partial charge in [-0.2, -0.15) is 0 Å². The summed E-state index contributed by atoms with van der Waals surface area (Å²) in [4.78, 5) is 11.8. The Bertz CT molecular complexity index is 539. The third-order valence-corrected chi connectivity index (χ3v) is 2.76. The molecule has 0 fully saturated rings. The second-order valence-corrected chi connectivity index (χ2v) is 4.36. The number of carbonyl (C=O) groups excluding carboxylic acids is 1. The van der Waals surface area contributed by atoms with Crippen molar-refractivity contribution in [3.8, 4) is 0 Å². The van der Waals surface area contributed by atoms with Crippen LogP contribution in [-0.2, 0) is 0 Å². The second kappa shape index (κ2) is 5.10. The van der Waals surface area contributed by atoms with Crippen molar-refractivity contribution in [2.45, 2.75) is 0 Å². The Hall–Kier alpha value is -1.68. The molecule has 4 heteroatoms. The molecule has 0 saturated carbocycles. The van der Waals surface area contributed by atoms with Gasteiger partial charge in [-0.25, -0.2) is 4.39 Å². The molecule has 0 unspecified atom stereocenters. The third kappa shape index (κ3) is 2.91. The topological polar surface area (TPSA) is 29.1 Å². The van der Waals surface area contributed by atoms with Gasteiger partial charge >= 0.3 is 0 Å². The zero-order valence-corrected chi connectivity index (χ0v) is 10.4. The largest absolute Gasteiger partial charge is 0.319 e. The Kier molecular flexibility index (Phi) is 3.54. The Labute approximate surface area is 107 Å². The summed E-state index contributed by atoms with van der Waals surface area (Å²) in [6.45, 7) is 0. The molecule has 0 bridgehead atoms. The maximum atomic E-state index is 13.3. The number of hydrogen-bond donors (Lipinski definition) is 1. The lowest BCUT2D eigenvalue weighted by molar-refractivity contribution is 0.102. The molecule has 1 amide bonds. The first-order valence-electron chi connectivity index (χ1n) is 4.98. The van der Waals surface area contributed by atoms with Crippen LogP contribution < -0.4 is 5.32 Å². The van der Waals surface area contributed by atoms with Gasteiger partial charge in [0.05, 0.1) is 5.69 Å². The van der Waals surface area contributed by atoms with Gasteiger partial charge in [0.15, 0.2) is 0 Å². The quantitative estimate of drug-likeness (QED) is 0.895. The van der Waals surface area contributed by atoms with Crippen molar-refractivity contribution < 1.29 is 9.18 Å². The highest BCUT2D eigenvalue weighted by atomic mass is 79.9. The van der Waals surface area contributed by atoms with E-state index in [4.69, 9.17) is 0 Å². The maximum absolute atomic E-state index is 13.3. The molecule has 0 radical (unpaired) electrons. The molecule has 17 heavy (non-hydrogen) atoms. The van der Waals surface area contributed by atoms with Crippen molar-refractivity contribution in [2.75, 3.05) is 5.32 Å². The van der Waals surface area contributed by atoms with Crippen LogP contribution >= 0.6 is 15.9 Å². The predicted octanol–water partition coefficient (Wildman–Crippen LogP) is 3.84. The van der Waals surface area contributed by atoms with Gasteiger partial charge in [-0.1, -0.05) is 28.1 Å². The van der Waals surface area contributed by atoms with Gasteiger partial charge in [-0.3, -0.25) is 4.79 Å². The molecule has 0 aromatic heterocycles. The van der Waals surface area contributed by atoms with Crippen LogP contribution in [0.3, 0.4) is 0 Å². The van der Waals surface area contributed by atoms with E-state index in [1.54, 1.807) is 36.4 Å². The van der Waals surface area contributed by atoms with Crippen LogP contribution in [0.2, 0.25) is 0 Å². The van der Waals surface area contributed by atoms with Crippen LogP contribution in [0.5, 0.6) is 0 Å². The summed E-state index contributed by atoms with van der Waals surface area (Å²) in [6.07, 6.45) is 0. The highest BCUT2D eigenvalue weighted by molar-refractivity contribution is 9.10. The highest BCUT2D eigenvalue weighted by Crippen LogP contribution is 2.15. The van der Waals surface area contributed by atoms with Gasteiger partial charge in [-0.15, -0.1) is 0 Å². The van der Waals surface area contributed by atoms with Crippen LogP contribution in [0.4, 0.5) is 10.1 Å². The zero-order chi connectivity index (χ0) is 12.3. The lowest BCUT2D eigenvalue weighted by Gasteiger charge is -2.06. The summed E-state index contributed by atoms with van der Waals surface area (Å²) in [5.74, 6) is -0.777. The number of carbonyl (C=O) groups is 1. The van der Waals surface area contributed by atoms with Gasteiger partial charge in [0.2, 0.25) is 0 Å². The molecule has 2 aromatic carbocycles. The van der Waals surface area contributed by atoms with E-state index < -0.39 is 5.82 Å². The number of rotatable bonds is 2. The monoisotopic (exact) mass is 293 g/mol. The first kappa shape index (κ1) is 11.8. The minimum Gasteiger partial charge on any atom is -0.319 e. The first-order chi connectivity index (χ1) is 8.16. The summed E-state index contributed by atoms with van der Waals surface area (Å²) >= 11 is 3.28. The maximum Gasteiger partial charge on any atom is 0.255 e. The van der Waals surface area contributed by atoms with Crippen molar-refractivity contribution in [2.24, 2.45) is 0 Å². The molecule has 2 rings (SSSR count). The molecule has 1 N–H and O–H groups in total. The van der Waals surface area contributed by atoms with Crippen LogP contribution in [0.1, 0.15) is 10.4 Å². The Balaban J connectivity index is 2.17. The summed E-state index contributed by atoms with van der Waals surface area (Å²) in [6, 6.07) is 12.9. The van der Waals surface area contributed by atoms with Crippen molar-refractivity contribution in [3.63, 3.8) is 0 Å². The molecule has 86 valence electrons. The fraction of sp³-hybridized carbons (Fsp3) is 0. The normalized spacial score (nSPS) is 10.0. The lowest BCUT2D eigenvalue weighted by atomic mass is 10.2. The fourth-order valence-corrected chi connectivity index (χ4v) is 1.62. The number of para-hydroxylation sites is 1. The van der Waals surface area contributed by atoms with E-state index >= 15 is 0 Å². The summed E-state index contributed by atoms with van der Waals surface area (Å²) in [5, 5.41) is 2.52. The standard InChI is InChI=1S/C13H9BrFNO/c14-10-7-5-9(6-8-10)13(17)16-12-4-2-1-3-11(12)15/h1-8H,(H,16,17). The summed E-state index contributed by atoms with van der Waals surface area (Å²) in [5.41, 5.74) is 0.664. The van der Waals surface area contributed by atoms with E-state index in [-0.39, 0.29) is 11.6 Å². The van der Waals surface area contributed by atoms with Gasteiger partial charge in [0.25, 0.3) is 5.91 Å². The minimum atomic E-state index is -0.446. The number of anilines is 1. The Morgan fingerprint density at radius 1 is 1.06 bits per heavy atom. The van der Waals surface area contributed by atoms with Gasteiger partial charge in [0.1, 0.15) is 5.82 Å². The summed E-state index contributed by atoms with van der Waals surface area (Å²) < 4.78 is 14.2. The van der Waals surface area contributed by atoms with E-state index in [0.29, 0.717) is 5.56 Å². The second-order valence-electron chi connectivity index (χ2n) is 3.44. The van der Waals surface area contributed by atoms with Crippen LogP contribution in [0.15, 0.2) is 53.0 Å². The van der Waals surface area contributed by atoms with E-state index in [1.165, 1.54) is 12.1 Å². The zero-order valence-electron chi connectivity index (χ0n) is 8.78. The van der Waals surface area contributed by atoms with Crippen LogP contribution in [0, 0.1) is 5.82 Å². The molecule has 2 nitrogen and oxygen atoms in total. The minimum absolute atomic E-state index is 0.181. The fourth-order valence-electron chi connectivity index (χ4n) is 1.36. The van der Waals surface area contributed by atoms with E-state index in [9.17, 15) is 9.18 Å². The van der Waals surface area contributed by atoms with E-state index in [2.05, 4.69) is 21.2 Å². The lowest BCUT2D eigenvalue weighted by Crippen LogP contribution is -2.12. The molecule has 0 aliphatic rings. The Morgan fingerprint density at radius 3 is 2.35 bits per heavy atom. The molecule has 0 aliphatic carbocycles. The number of halogens is 2. The Morgan fingerprint density at radius 2 is 1.71 bits per heavy atom.